The maximum atomic E-state index is 6.25. The minimum absolute atomic E-state index is 0.572. The number of hydrogen-bond acceptors (Lipinski definition) is 4. The number of nitrogens with one attached hydrogen (secondary N) is 1. The number of halogens is 1. The third-order valence-electron chi connectivity index (χ3n) is 4.17. The minimum Gasteiger partial charge on any atom is -0.366 e. The summed E-state index contributed by atoms with van der Waals surface area (Å²) in [4.78, 5) is 9.08. The first-order chi connectivity index (χ1) is 12.6. The van der Waals surface area contributed by atoms with Crippen LogP contribution in [0.4, 0.5) is 5.82 Å². The van der Waals surface area contributed by atoms with E-state index in [1.165, 1.54) is 5.56 Å². The fourth-order valence-corrected chi connectivity index (χ4v) is 2.97. The predicted octanol–water partition coefficient (Wildman–Crippen LogP) is 4.67. The van der Waals surface area contributed by atoms with E-state index in [0.29, 0.717) is 18.1 Å². The fourth-order valence-electron chi connectivity index (χ4n) is 2.77. The molecule has 4 aromatic rings. The normalized spacial score (nSPS) is 11.0. The molecule has 0 atom stereocenters. The summed E-state index contributed by atoms with van der Waals surface area (Å²) in [7, 11) is 0. The molecule has 5 nitrogen and oxygen atoms in total. The van der Waals surface area contributed by atoms with Crippen LogP contribution in [0.15, 0.2) is 54.6 Å². The van der Waals surface area contributed by atoms with Gasteiger partial charge in [0.05, 0.1) is 0 Å². The molecule has 0 aliphatic heterocycles. The molecule has 26 heavy (non-hydrogen) atoms. The zero-order valence-corrected chi connectivity index (χ0v) is 15.3. The molecule has 0 fully saturated rings. The summed E-state index contributed by atoms with van der Waals surface area (Å²) in [6.07, 6.45) is 0. The lowest BCUT2D eigenvalue weighted by molar-refractivity contribution is 0.919. The number of rotatable bonds is 4. The summed E-state index contributed by atoms with van der Waals surface area (Å²) in [6.45, 7) is 4.60. The standard InChI is InChI=1S/C20H18ClN5/c1-13-7-9-15(10-8-13)19-24-20-23-14(2)11-18(26(20)25-19)22-12-16-5-3-4-6-17(16)21/h3-11,22H,12H2,1-2H3. The highest BCUT2D eigenvalue weighted by atomic mass is 35.5. The third kappa shape index (κ3) is 3.26. The van der Waals surface area contributed by atoms with Gasteiger partial charge in [0, 0.05) is 28.9 Å². The Morgan fingerprint density at radius 3 is 2.54 bits per heavy atom. The number of fused-ring (bicyclic) bond motifs is 1. The van der Waals surface area contributed by atoms with E-state index < -0.39 is 0 Å². The zero-order valence-electron chi connectivity index (χ0n) is 14.6. The van der Waals surface area contributed by atoms with Gasteiger partial charge in [-0.2, -0.15) is 9.50 Å². The van der Waals surface area contributed by atoms with Crippen LogP contribution in [-0.4, -0.2) is 19.6 Å². The molecule has 130 valence electrons. The quantitative estimate of drug-likeness (QED) is 0.572. The summed E-state index contributed by atoms with van der Waals surface area (Å²) in [6, 6.07) is 17.9. The van der Waals surface area contributed by atoms with Gasteiger partial charge in [-0.25, -0.2) is 4.98 Å². The molecular weight excluding hydrogens is 346 g/mol. The van der Waals surface area contributed by atoms with E-state index in [1.54, 1.807) is 4.52 Å². The number of benzene rings is 2. The van der Waals surface area contributed by atoms with Crippen LogP contribution in [-0.2, 0) is 6.54 Å². The molecule has 1 N–H and O–H groups in total. The summed E-state index contributed by atoms with van der Waals surface area (Å²) >= 11 is 6.25. The molecule has 0 saturated heterocycles. The van der Waals surface area contributed by atoms with Crippen molar-refractivity contribution >= 4 is 23.2 Å². The van der Waals surface area contributed by atoms with Gasteiger partial charge < -0.3 is 5.32 Å². The molecule has 2 heterocycles. The van der Waals surface area contributed by atoms with Gasteiger partial charge in [0.1, 0.15) is 5.82 Å². The van der Waals surface area contributed by atoms with Crippen molar-refractivity contribution in [2.45, 2.75) is 20.4 Å². The summed E-state index contributed by atoms with van der Waals surface area (Å²) in [5.74, 6) is 2.06. The zero-order chi connectivity index (χ0) is 18.1. The Balaban J connectivity index is 1.70. The van der Waals surface area contributed by atoms with Gasteiger partial charge in [-0.15, -0.1) is 5.10 Å². The van der Waals surface area contributed by atoms with Gasteiger partial charge in [-0.3, -0.25) is 0 Å². The van der Waals surface area contributed by atoms with Gasteiger partial charge in [-0.1, -0.05) is 59.6 Å². The number of aromatic nitrogens is 4. The first kappa shape index (κ1) is 16.5. The average molecular weight is 364 g/mol. The minimum atomic E-state index is 0.572. The Morgan fingerprint density at radius 1 is 1.00 bits per heavy atom. The highest BCUT2D eigenvalue weighted by Crippen LogP contribution is 2.21. The Bertz CT molecular complexity index is 1070. The smallest absolute Gasteiger partial charge is 0.254 e. The van der Waals surface area contributed by atoms with Crippen molar-refractivity contribution in [1.82, 2.24) is 19.6 Å². The molecular formula is C20H18ClN5. The van der Waals surface area contributed by atoms with Crippen LogP contribution in [0.5, 0.6) is 0 Å². The molecule has 0 unspecified atom stereocenters. The molecule has 2 aromatic heterocycles. The Kier molecular flexibility index (Phi) is 4.31. The van der Waals surface area contributed by atoms with Crippen LogP contribution in [0.3, 0.4) is 0 Å². The first-order valence-electron chi connectivity index (χ1n) is 8.39. The van der Waals surface area contributed by atoms with Crippen molar-refractivity contribution in [3.05, 3.63) is 76.4 Å². The second-order valence-corrected chi connectivity index (χ2v) is 6.65. The number of nitrogens with zero attached hydrogens (tertiary/aromatic N) is 4. The van der Waals surface area contributed by atoms with Gasteiger partial charge in [0.25, 0.3) is 5.78 Å². The van der Waals surface area contributed by atoms with E-state index in [9.17, 15) is 0 Å². The van der Waals surface area contributed by atoms with Crippen LogP contribution in [0, 0.1) is 13.8 Å². The maximum Gasteiger partial charge on any atom is 0.254 e. The largest absolute Gasteiger partial charge is 0.366 e. The third-order valence-corrected chi connectivity index (χ3v) is 4.54. The average Bonchev–Trinajstić information content (AvgIpc) is 3.05. The van der Waals surface area contributed by atoms with E-state index >= 15 is 0 Å². The Morgan fingerprint density at radius 2 is 1.77 bits per heavy atom. The van der Waals surface area contributed by atoms with Crippen LogP contribution in [0.2, 0.25) is 5.02 Å². The Labute approximate surface area is 156 Å². The highest BCUT2D eigenvalue weighted by molar-refractivity contribution is 6.31. The summed E-state index contributed by atoms with van der Waals surface area (Å²) in [5.41, 5.74) is 4.07. The van der Waals surface area contributed by atoms with Crippen molar-refractivity contribution in [3.63, 3.8) is 0 Å². The SMILES string of the molecule is Cc1ccc(-c2nc3nc(C)cc(NCc4ccccc4Cl)n3n2)cc1. The maximum absolute atomic E-state index is 6.25. The van der Waals surface area contributed by atoms with Crippen LogP contribution in [0.1, 0.15) is 16.8 Å². The molecule has 0 spiro atoms. The van der Waals surface area contributed by atoms with Crippen LogP contribution >= 0.6 is 11.6 Å². The second kappa shape index (κ2) is 6.77. The van der Waals surface area contributed by atoms with E-state index in [4.69, 9.17) is 11.6 Å². The van der Waals surface area contributed by atoms with E-state index in [-0.39, 0.29) is 0 Å². The number of anilines is 1. The summed E-state index contributed by atoms with van der Waals surface area (Å²) < 4.78 is 1.74. The summed E-state index contributed by atoms with van der Waals surface area (Å²) in [5, 5.41) is 8.77. The lowest BCUT2D eigenvalue weighted by atomic mass is 10.1. The fraction of sp³-hybridized carbons (Fsp3) is 0.150. The molecule has 4 rings (SSSR count). The molecule has 0 radical (unpaired) electrons. The van der Waals surface area contributed by atoms with Crippen molar-refractivity contribution in [2.24, 2.45) is 0 Å². The lowest BCUT2D eigenvalue weighted by Crippen LogP contribution is -2.07. The van der Waals surface area contributed by atoms with E-state index in [0.717, 1.165) is 27.7 Å². The molecule has 0 amide bonds. The molecule has 6 heteroatoms. The topological polar surface area (TPSA) is 55.1 Å². The van der Waals surface area contributed by atoms with Crippen molar-refractivity contribution in [1.29, 1.82) is 0 Å². The van der Waals surface area contributed by atoms with Gasteiger partial charge in [0.15, 0.2) is 5.82 Å². The van der Waals surface area contributed by atoms with Gasteiger partial charge >= 0.3 is 0 Å². The van der Waals surface area contributed by atoms with Gasteiger partial charge in [-0.05, 0) is 25.5 Å². The Hall–Kier alpha value is -2.92. The predicted molar refractivity (Wildman–Crippen MR) is 104 cm³/mol. The molecule has 0 bridgehead atoms. The molecule has 0 aliphatic carbocycles. The van der Waals surface area contributed by atoms with Crippen molar-refractivity contribution in [2.75, 3.05) is 5.32 Å². The molecule has 0 saturated carbocycles. The van der Waals surface area contributed by atoms with Crippen molar-refractivity contribution in [3.8, 4) is 11.4 Å². The van der Waals surface area contributed by atoms with Gasteiger partial charge in [0.2, 0.25) is 0 Å². The molecule has 0 aliphatic rings. The van der Waals surface area contributed by atoms with Crippen LogP contribution < -0.4 is 5.32 Å². The number of hydrogen-bond donors (Lipinski definition) is 1. The second-order valence-electron chi connectivity index (χ2n) is 6.24. The van der Waals surface area contributed by atoms with E-state index in [2.05, 4.69) is 39.4 Å². The highest BCUT2D eigenvalue weighted by Gasteiger charge is 2.12. The van der Waals surface area contributed by atoms with Crippen molar-refractivity contribution < 1.29 is 0 Å². The first-order valence-corrected chi connectivity index (χ1v) is 8.77. The lowest BCUT2D eigenvalue weighted by Gasteiger charge is -2.09. The van der Waals surface area contributed by atoms with E-state index in [1.807, 2.05) is 49.4 Å². The number of aryl methyl sites for hydroxylation is 2. The monoisotopic (exact) mass is 363 g/mol. The molecule has 2 aromatic carbocycles. The van der Waals surface area contributed by atoms with Crippen LogP contribution in [0.25, 0.3) is 17.2 Å².